The van der Waals surface area contributed by atoms with Gasteiger partial charge in [-0.15, -0.1) is 0 Å². The fourth-order valence-corrected chi connectivity index (χ4v) is 0. The summed E-state index contributed by atoms with van der Waals surface area (Å²) in [6, 6.07) is 0. The minimum absolute atomic E-state index is 0. The average Bonchev–Trinajstić information content (AvgIpc) is 0.918. The zero-order valence-electron chi connectivity index (χ0n) is 1.87. The van der Waals surface area contributed by atoms with Gasteiger partial charge in [0, 0.05) is 48.9 Å². The summed E-state index contributed by atoms with van der Waals surface area (Å²) in [5.74, 6) is 0. The molecular weight excluding hydrogens is 313 g/mol. The molecule has 0 rings (SSSR count). The van der Waals surface area contributed by atoms with E-state index in [2.05, 4.69) is 35.4 Å². The standard InChI is InChI=1S/Ba.Br2O/c;1-3-2. The van der Waals surface area contributed by atoms with Gasteiger partial charge < -0.3 is 0 Å². The normalized spacial score (nSPS) is 4.50. The van der Waals surface area contributed by atoms with Crippen LogP contribution in [0.4, 0.5) is 0 Å². The van der Waals surface area contributed by atoms with Gasteiger partial charge in [0.15, 0.2) is 0 Å². The molecule has 0 saturated carbocycles. The van der Waals surface area contributed by atoms with Crippen molar-refractivity contribution in [3.63, 3.8) is 0 Å². The van der Waals surface area contributed by atoms with E-state index in [1.54, 1.807) is 0 Å². The Labute approximate surface area is 82.4 Å². The number of halogens is 2. The second-order valence-corrected chi connectivity index (χ2v) is 1.57. The first kappa shape index (κ1) is 9.70. The van der Waals surface area contributed by atoms with E-state index in [9.17, 15) is 0 Å². The summed E-state index contributed by atoms with van der Waals surface area (Å²) in [6.07, 6.45) is 0. The van der Waals surface area contributed by atoms with E-state index < -0.39 is 0 Å². The Morgan fingerprint density at radius 1 is 1.25 bits per heavy atom. The summed E-state index contributed by atoms with van der Waals surface area (Å²) in [6.45, 7) is 0. The maximum atomic E-state index is 3.88. The molecule has 0 aliphatic carbocycles. The van der Waals surface area contributed by atoms with Gasteiger partial charge in [-0.1, -0.05) is 0 Å². The number of rotatable bonds is 0. The Morgan fingerprint density at radius 3 is 1.25 bits per heavy atom. The first-order chi connectivity index (χ1) is 1.41. The molecule has 0 bridgehead atoms. The van der Waals surface area contributed by atoms with Crippen LogP contribution in [0.15, 0.2) is 0 Å². The Kier molecular flexibility index (Phi) is 22.0. The summed E-state index contributed by atoms with van der Waals surface area (Å²) in [7, 11) is 0. The molecule has 0 saturated heterocycles. The molecule has 4 heteroatoms. The molecule has 0 fully saturated rings. The zero-order chi connectivity index (χ0) is 2.71. The van der Waals surface area contributed by atoms with Crippen molar-refractivity contribution in [3.8, 4) is 0 Å². The van der Waals surface area contributed by atoms with Gasteiger partial charge in [-0.3, -0.25) is 0 Å². The van der Waals surface area contributed by atoms with Gasteiger partial charge in [-0.2, -0.15) is 0 Å². The molecule has 4 heavy (non-hydrogen) atoms. The quantitative estimate of drug-likeness (QED) is 0.612. The molecule has 0 aromatic carbocycles. The van der Waals surface area contributed by atoms with Gasteiger partial charge in [-0.25, -0.2) is 2.92 Å². The van der Waals surface area contributed by atoms with E-state index in [1.807, 2.05) is 0 Å². The van der Waals surface area contributed by atoms with E-state index >= 15 is 0 Å². The van der Waals surface area contributed by atoms with Gasteiger partial charge in [0.05, 0.1) is 0 Å². The van der Waals surface area contributed by atoms with Gasteiger partial charge in [0.25, 0.3) is 0 Å². The summed E-state index contributed by atoms with van der Waals surface area (Å²) in [4.78, 5) is 0. The molecule has 22 valence electrons. The van der Waals surface area contributed by atoms with Crippen LogP contribution in [-0.4, -0.2) is 48.9 Å². The molecule has 0 aliphatic heterocycles. The van der Waals surface area contributed by atoms with Crippen molar-refractivity contribution in [2.75, 3.05) is 0 Å². The van der Waals surface area contributed by atoms with Crippen LogP contribution in [0.5, 0.6) is 0 Å². The van der Waals surface area contributed by atoms with Crippen molar-refractivity contribution < 1.29 is 2.92 Å². The molecule has 0 aromatic rings. The minimum atomic E-state index is 0. The molecular formula is BaBr2O. The topological polar surface area (TPSA) is 9.23 Å². The van der Waals surface area contributed by atoms with E-state index in [-0.39, 0.29) is 48.9 Å². The molecule has 2 radical (unpaired) electrons. The average molecular weight is 313 g/mol. The van der Waals surface area contributed by atoms with Gasteiger partial charge in [0.1, 0.15) is 32.5 Å². The van der Waals surface area contributed by atoms with Gasteiger partial charge in [-0.05, 0) is 0 Å². The maximum Gasteiger partial charge on any atom is 0.115 e. The zero-order valence-corrected chi connectivity index (χ0v) is 9.48. The molecule has 0 atom stereocenters. The predicted molar refractivity (Wildman–Crippen MR) is 24.7 cm³/mol. The van der Waals surface area contributed by atoms with Crippen molar-refractivity contribution in [2.24, 2.45) is 0 Å². The predicted octanol–water partition coefficient (Wildman–Crippen LogP) is 1.24. The van der Waals surface area contributed by atoms with Crippen molar-refractivity contribution in [3.05, 3.63) is 0 Å². The molecule has 1 nitrogen and oxygen atoms in total. The molecule has 0 spiro atoms. The summed E-state index contributed by atoms with van der Waals surface area (Å²) < 4.78 is 3.88. The molecule has 0 aromatic heterocycles. The summed E-state index contributed by atoms with van der Waals surface area (Å²) in [5, 5.41) is 0. The maximum absolute atomic E-state index is 3.88. The van der Waals surface area contributed by atoms with Crippen molar-refractivity contribution in [1.29, 1.82) is 0 Å². The first-order valence-electron chi connectivity index (χ1n) is 0.309. The molecule has 0 N–H and O–H groups in total. The summed E-state index contributed by atoms with van der Waals surface area (Å²) in [5.41, 5.74) is 0. The van der Waals surface area contributed by atoms with Crippen molar-refractivity contribution >= 4 is 81.4 Å². The van der Waals surface area contributed by atoms with Gasteiger partial charge in [0.2, 0.25) is 0 Å². The van der Waals surface area contributed by atoms with Gasteiger partial charge >= 0.3 is 0 Å². The SMILES string of the molecule is BrOBr.[Ba]. The molecule has 0 unspecified atom stereocenters. The number of hydrogen-bond acceptors (Lipinski definition) is 1. The van der Waals surface area contributed by atoms with Crippen LogP contribution in [0.25, 0.3) is 0 Å². The third kappa shape index (κ3) is 8.82. The Balaban J connectivity index is 0. The van der Waals surface area contributed by atoms with E-state index in [1.165, 1.54) is 0 Å². The van der Waals surface area contributed by atoms with E-state index in [0.717, 1.165) is 0 Å². The van der Waals surface area contributed by atoms with Crippen LogP contribution >= 0.6 is 32.5 Å². The third-order valence-electron chi connectivity index (χ3n) is 0. The van der Waals surface area contributed by atoms with E-state index in [4.69, 9.17) is 0 Å². The van der Waals surface area contributed by atoms with Crippen LogP contribution in [0.1, 0.15) is 0 Å². The smallest absolute Gasteiger partial charge is 0.115 e. The third-order valence-corrected chi connectivity index (χ3v) is 0. The second kappa shape index (κ2) is 9.09. The van der Waals surface area contributed by atoms with Crippen LogP contribution in [-0.2, 0) is 2.92 Å². The molecule has 0 amide bonds. The van der Waals surface area contributed by atoms with E-state index in [0.29, 0.717) is 0 Å². The number of hydrogen-bond donors (Lipinski definition) is 0. The Hall–Kier alpha value is 2.49. The van der Waals surface area contributed by atoms with Crippen LogP contribution in [0.3, 0.4) is 0 Å². The minimum Gasteiger partial charge on any atom is -0.230 e. The van der Waals surface area contributed by atoms with Crippen molar-refractivity contribution in [1.82, 2.24) is 0 Å². The molecule has 0 aliphatic rings. The van der Waals surface area contributed by atoms with Crippen LogP contribution in [0, 0.1) is 0 Å². The fourth-order valence-electron chi connectivity index (χ4n) is 0. The van der Waals surface area contributed by atoms with Crippen molar-refractivity contribution in [2.45, 2.75) is 0 Å². The second-order valence-electron chi connectivity index (χ2n) is 0.0583. The summed E-state index contributed by atoms with van der Waals surface area (Å²) >= 11 is 5.12. The van der Waals surface area contributed by atoms with Crippen LogP contribution in [0.2, 0.25) is 0 Å². The van der Waals surface area contributed by atoms with Crippen LogP contribution < -0.4 is 0 Å². The fraction of sp³-hybridized carbons (Fsp3) is 0. The molecule has 0 heterocycles. The monoisotopic (exact) mass is 312 g/mol. The first-order valence-corrected chi connectivity index (χ1v) is 1.60. The largest absolute Gasteiger partial charge is 0.230 e. The Bertz CT molecular complexity index is 6.00. The Morgan fingerprint density at radius 2 is 1.25 bits per heavy atom.